The van der Waals surface area contributed by atoms with Gasteiger partial charge in [0.25, 0.3) is 0 Å². The van der Waals surface area contributed by atoms with Crippen LogP contribution in [0.5, 0.6) is 0 Å². The van der Waals surface area contributed by atoms with Crippen molar-refractivity contribution in [3.63, 3.8) is 0 Å². The number of hydrogen-bond acceptors (Lipinski definition) is 5. The first-order valence-electron chi connectivity index (χ1n) is 7.71. The lowest BCUT2D eigenvalue weighted by Gasteiger charge is -2.19. The maximum absolute atomic E-state index is 5.69. The molecule has 0 aliphatic heterocycles. The topological polar surface area (TPSA) is 82.0 Å². The highest BCUT2D eigenvalue weighted by atomic mass is 15.4. The van der Waals surface area contributed by atoms with E-state index in [0.717, 1.165) is 28.6 Å². The monoisotopic (exact) mass is 325 g/mol. The van der Waals surface area contributed by atoms with E-state index in [1.54, 1.807) is 0 Å². The third kappa shape index (κ3) is 5.26. The molecule has 0 bridgehead atoms. The molecule has 0 radical (unpaired) electrons. The molecular formula is C18H25N6+. The lowest BCUT2D eigenvalue weighted by Crippen LogP contribution is -2.72. The number of nitrogens with two attached hydrogens (primary N) is 2. The molecule has 126 valence electrons. The molecule has 0 unspecified atom stereocenters. The van der Waals surface area contributed by atoms with Gasteiger partial charge in [0, 0.05) is 24.1 Å². The summed E-state index contributed by atoms with van der Waals surface area (Å²) in [7, 11) is 3.90. The van der Waals surface area contributed by atoms with Gasteiger partial charge >= 0.3 is 0 Å². The Bertz CT molecular complexity index is 676. The second-order valence-corrected chi connectivity index (χ2v) is 5.31. The van der Waals surface area contributed by atoms with Gasteiger partial charge in [-0.15, -0.1) is 0 Å². The standard InChI is InChI=1S/C18H24N6/c1-14(24(3)13-12-20-2)22-23-18-10-8-17(9-11-18)21-16-6-4-15(19)5-7-16/h4-13,20-23H,1,19H2,2-3H3/p+1. The van der Waals surface area contributed by atoms with Crippen molar-refractivity contribution in [2.45, 2.75) is 0 Å². The van der Waals surface area contributed by atoms with Crippen molar-refractivity contribution in [3.05, 3.63) is 73.3 Å². The molecule has 0 heterocycles. The highest BCUT2D eigenvalue weighted by molar-refractivity contribution is 5.63. The quantitative estimate of drug-likeness (QED) is 0.379. The fourth-order valence-electron chi connectivity index (χ4n) is 1.91. The second kappa shape index (κ2) is 8.50. The zero-order valence-corrected chi connectivity index (χ0v) is 14.1. The van der Waals surface area contributed by atoms with Crippen LogP contribution in [0.2, 0.25) is 0 Å². The summed E-state index contributed by atoms with van der Waals surface area (Å²) < 4.78 is 0. The molecule has 0 fully saturated rings. The molecule has 6 nitrogen and oxygen atoms in total. The minimum atomic E-state index is 0.747. The Labute approximate surface area is 143 Å². The van der Waals surface area contributed by atoms with E-state index in [1.807, 2.05) is 85.2 Å². The summed E-state index contributed by atoms with van der Waals surface area (Å²) in [5, 5.41) is 5.28. The number of hydrazine groups is 1. The van der Waals surface area contributed by atoms with Gasteiger partial charge in [-0.2, -0.15) is 0 Å². The van der Waals surface area contributed by atoms with E-state index in [0.29, 0.717) is 0 Å². The third-order valence-electron chi connectivity index (χ3n) is 3.36. The molecule has 0 spiro atoms. The van der Waals surface area contributed by atoms with Crippen LogP contribution >= 0.6 is 0 Å². The fourth-order valence-corrected chi connectivity index (χ4v) is 1.91. The van der Waals surface area contributed by atoms with Crippen LogP contribution in [0.4, 0.5) is 22.7 Å². The van der Waals surface area contributed by atoms with Gasteiger partial charge in [0.2, 0.25) is 0 Å². The van der Waals surface area contributed by atoms with Crippen molar-refractivity contribution < 1.29 is 5.32 Å². The number of rotatable bonds is 8. The van der Waals surface area contributed by atoms with Crippen molar-refractivity contribution >= 4 is 22.7 Å². The van der Waals surface area contributed by atoms with E-state index in [1.165, 1.54) is 0 Å². The number of benzene rings is 2. The molecular weight excluding hydrogens is 300 g/mol. The Hall–Kier alpha value is -3.12. The SMILES string of the molecule is C=C(NNc1ccc(Nc2ccc(N)cc2)cc1)N(C)C=C[NH2+]C. The minimum absolute atomic E-state index is 0.747. The highest BCUT2D eigenvalue weighted by Crippen LogP contribution is 2.19. The summed E-state index contributed by atoms with van der Waals surface area (Å²) >= 11 is 0. The van der Waals surface area contributed by atoms with Crippen LogP contribution in [0.25, 0.3) is 0 Å². The van der Waals surface area contributed by atoms with Crippen molar-refractivity contribution in [3.8, 4) is 0 Å². The molecule has 2 aromatic rings. The van der Waals surface area contributed by atoms with Crippen LogP contribution in [-0.4, -0.2) is 19.0 Å². The van der Waals surface area contributed by atoms with Crippen LogP contribution < -0.4 is 27.2 Å². The number of hydrogen-bond donors (Lipinski definition) is 5. The van der Waals surface area contributed by atoms with Crippen LogP contribution in [-0.2, 0) is 0 Å². The van der Waals surface area contributed by atoms with Crippen LogP contribution in [0.3, 0.4) is 0 Å². The van der Waals surface area contributed by atoms with Gasteiger partial charge in [0.05, 0.1) is 18.9 Å². The van der Waals surface area contributed by atoms with Crippen molar-refractivity contribution in [1.82, 2.24) is 10.3 Å². The number of nitrogens with one attached hydrogen (secondary N) is 3. The smallest absolute Gasteiger partial charge is 0.117 e. The Kier molecular flexibility index (Phi) is 6.10. The molecule has 0 amide bonds. The lowest BCUT2D eigenvalue weighted by atomic mass is 10.2. The molecule has 0 aromatic heterocycles. The lowest BCUT2D eigenvalue weighted by molar-refractivity contribution is -0.557. The van der Waals surface area contributed by atoms with E-state index in [4.69, 9.17) is 5.73 Å². The van der Waals surface area contributed by atoms with Gasteiger partial charge in [-0.25, -0.2) is 0 Å². The average Bonchev–Trinajstić information content (AvgIpc) is 2.60. The first kappa shape index (κ1) is 17.2. The minimum Gasteiger partial charge on any atom is -0.399 e. The molecule has 0 aliphatic carbocycles. The van der Waals surface area contributed by atoms with Gasteiger partial charge in [0.1, 0.15) is 12.0 Å². The molecule has 0 atom stereocenters. The maximum Gasteiger partial charge on any atom is 0.117 e. The molecule has 6 heteroatoms. The average molecular weight is 325 g/mol. The predicted octanol–water partition coefficient (Wildman–Crippen LogP) is 2.00. The van der Waals surface area contributed by atoms with Crippen molar-refractivity contribution in [2.75, 3.05) is 30.6 Å². The van der Waals surface area contributed by atoms with Crippen LogP contribution in [0.1, 0.15) is 0 Å². The molecule has 0 aliphatic rings. The molecule has 2 aromatic carbocycles. The Morgan fingerprint density at radius 3 is 2.17 bits per heavy atom. The largest absolute Gasteiger partial charge is 0.399 e. The van der Waals surface area contributed by atoms with E-state index >= 15 is 0 Å². The van der Waals surface area contributed by atoms with Crippen molar-refractivity contribution in [2.24, 2.45) is 0 Å². The number of nitrogens with zero attached hydrogens (tertiary/aromatic N) is 1. The molecule has 2 rings (SSSR count). The first-order valence-corrected chi connectivity index (χ1v) is 7.71. The summed E-state index contributed by atoms with van der Waals surface area (Å²) in [6.45, 7) is 3.97. The Morgan fingerprint density at radius 2 is 1.58 bits per heavy atom. The Balaban J connectivity index is 1.86. The number of quaternary nitrogens is 1. The van der Waals surface area contributed by atoms with Crippen molar-refractivity contribution in [1.29, 1.82) is 0 Å². The van der Waals surface area contributed by atoms with Gasteiger partial charge in [0.15, 0.2) is 0 Å². The summed E-state index contributed by atoms with van der Waals surface area (Å²) in [5.41, 5.74) is 15.6. The predicted molar refractivity (Wildman–Crippen MR) is 101 cm³/mol. The van der Waals surface area contributed by atoms with Gasteiger partial charge < -0.3 is 21.3 Å². The van der Waals surface area contributed by atoms with Gasteiger partial charge in [-0.3, -0.25) is 10.9 Å². The first-order chi connectivity index (χ1) is 11.6. The zero-order valence-electron chi connectivity index (χ0n) is 14.1. The third-order valence-corrected chi connectivity index (χ3v) is 3.36. The molecule has 7 N–H and O–H groups in total. The second-order valence-electron chi connectivity index (χ2n) is 5.31. The van der Waals surface area contributed by atoms with E-state index in [9.17, 15) is 0 Å². The van der Waals surface area contributed by atoms with Crippen LogP contribution in [0.15, 0.2) is 73.3 Å². The van der Waals surface area contributed by atoms with Crippen LogP contribution in [0, 0.1) is 0 Å². The zero-order chi connectivity index (χ0) is 17.4. The summed E-state index contributed by atoms with van der Waals surface area (Å²) in [4.78, 5) is 1.89. The van der Waals surface area contributed by atoms with E-state index in [2.05, 4.69) is 22.7 Å². The summed E-state index contributed by atoms with van der Waals surface area (Å²) in [6.07, 6.45) is 3.88. The molecule has 0 saturated heterocycles. The molecule has 24 heavy (non-hydrogen) atoms. The number of anilines is 4. The highest BCUT2D eigenvalue weighted by Gasteiger charge is 1.99. The van der Waals surface area contributed by atoms with Gasteiger partial charge in [-0.1, -0.05) is 6.58 Å². The van der Waals surface area contributed by atoms with Gasteiger partial charge in [-0.05, 0) is 48.5 Å². The van der Waals surface area contributed by atoms with E-state index in [-0.39, 0.29) is 0 Å². The summed E-state index contributed by atoms with van der Waals surface area (Å²) in [6, 6.07) is 15.6. The van der Waals surface area contributed by atoms with E-state index < -0.39 is 0 Å². The normalized spacial score (nSPS) is 10.4. The molecule has 0 saturated carbocycles. The fraction of sp³-hybridized carbons (Fsp3) is 0.111. The maximum atomic E-state index is 5.69. The number of nitrogen functional groups attached to an aromatic ring is 1. The summed E-state index contributed by atoms with van der Waals surface area (Å²) in [5.74, 6) is 0.747. The Morgan fingerprint density at radius 1 is 1.04 bits per heavy atom.